The van der Waals surface area contributed by atoms with Crippen molar-refractivity contribution in [2.45, 2.75) is 78.4 Å². The van der Waals surface area contributed by atoms with Gasteiger partial charge in [-0.05, 0) is 62.8 Å². The number of anilines is 1. The summed E-state index contributed by atoms with van der Waals surface area (Å²) in [5.41, 5.74) is 4.16. The van der Waals surface area contributed by atoms with Crippen LogP contribution in [0.3, 0.4) is 0 Å². The summed E-state index contributed by atoms with van der Waals surface area (Å²) in [6.07, 6.45) is 5.61. The largest absolute Gasteiger partial charge is 0.352 e. The van der Waals surface area contributed by atoms with Gasteiger partial charge in [0.1, 0.15) is 12.6 Å². The van der Waals surface area contributed by atoms with Gasteiger partial charge in [0.25, 0.3) is 0 Å². The number of hydrogen-bond donors (Lipinski definition) is 1. The highest BCUT2D eigenvalue weighted by molar-refractivity contribution is 7.92. The molecule has 3 rings (SSSR count). The number of aryl methyl sites for hydroxylation is 2. The Morgan fingerprint density at radius 2 is 1.72 bits per heavy atom. The minimum absolute atomic E-state index is 0.130. The Morgan fingerprint density at radius 3 is 2.33 bits per heavy atom. The van der Waals surface area contributed by atoms with Gasteiger partial charge in [0.05, 0.1) is 11.9 Å². The maximum atomic E-state index is 13.8. The van der Waals surface area contributed by atoms with E-state index in [1.165, 1.54) is 0 Å². The number of amides is 2. The van der Waals surface area contributed by atoms with Crippen molar-refractivity contribution < 1.29 is 18.0 Å². The minimum Gasteiger partial charge on any atom is -0.352 e. The first-order valence-corrected chi connectivity index (χ1v) is 14.6. The van der Waals surface area contributed by atoms with Gasteiger partial charge in [-0.2, -0.15) is 0 Å². The summed E-state index contributed by atoms with van der Waals surface area (Å²) < 4.78 is 26.8. The zero-order valence-electron chi connectivity index (χ0n) is 22.1. The quantitative estimate of drug-likeness (QED) is 0.515. The molecule has 1 saturated carbocycles. The molecule has 8 heteroatoms. The Bertz CT molecular complexity index is 1190. The van der Waals surface area contributed by atoms with Crippen LogP contribution in [0.25, 0.3) is 0 Å². The first-order chi connectivity index (χ1) is 17.0. The van der Waals surface area contributed by atoms with E-state index in [4.69, 9.17) is 0 Å². The normalized spacial score (nSPS) is 14.9. The first kappa shape index (κ1) is 27.7. The van der Waals surface area contributed by atoms with Crippen molar-refractivity contribution in [3.05, 3.63) is 64.7 Å². The molecule has 2 aromatic rings. The highest BCUT2D eigenvalue weighted by Crippen LogP contribution is 2.26. The van der Waals surface area contributed by atoms with Gasteiger partial charge in [-0.1, -0.05) is 61.7 Å². The molecule has 7 nitrogen and oxygen atoms in total. The molecule has 36 heavy (non-hydrogen) atoms. The van der Waals surface area contributed by atoms with Crippen LogP contribution >= 0.6 is 0 Å². The molecule has 0 bridgehead atoms. The smallest absolute Gasteiger partial charge is 0.244 e. The van der Waals surface area contributed by atoms with Crippen molar-refractivity contribution >= 4 is 27.5 Å². The number of hydrogen-bond acceptors (Lipinski definition) is 4. The molecule has 0 heterocycles. The Balaban J connectivity index is 1.95. The van der Waals surface area contributed by atoms with Gasteiger partial charge in [-0.25, -0.2) is 8.42 Å². The third kappa shape index (κ3) is 6.87. The zero-order valence-corrected chi connectivity index (χ0v) is 22.9. The lowest BCUT2D eigenvalue weighted by molar-refractivity contribution is -0.140. The van der Waals surface area contributed by atoms with Gasteiger partial charge >= 0.3 is 0 Å². The predicted molar refractivity (Wildman–Crippen MR) is 144 cm³/mol. The van der Waals surface area contributed by atoms with Crippen molar-refractivity contribution in [3.63, 3.8) is 0 Å². The Kier molecular flexibility index (Phi) is 9.17. The van der Waals surface area contributed by atoms with Crippen LogP contribution in [0.5, 0.6) is 0 Å². The second-order valence-corrected chi connectivity index (χ2v) is 11.8. The lowest BCUT2D eigenvalue weighted by Gasteiger charge is -2.34. The summed E-state index contributed by atoms with van der Waals surface area (Å²) in [6, 6.07) is 12.7. The number of nitrogens with one attached hydrogen (secondary N) is 1. The second-order valence-electron chi connectivity index (χ2n) is 9.91. The highest BCUT2D eigenvalue weighted by atomic mass is 32.2. The van der Waals surface area contributed by atoms with E-state index in [2.05, 4.69) is 5.32 Å². The number of benzene rings is 2. The molecule has 1 atom stereocenters. The van der Waals surface area contributed by atoms with Crippen molar-refractivity contribution in [2.24, 2.45) is 0 Å². The summed E-state index contributed by atoms with van der Waals surface area (Å²) in [6.45, 7) is 7.47. The molecule has 1 aliphatic rings. The number of nitrogens with zero attached hydrogens (tertiary/aromatic N) is 2. The molecule has 1 fully saturated rings. The number of rotatable bonds is 10. The maximum Gasteiger partial charge on any atom is 0.244 e. The van der Waals surface area contributed by atoms with Crippen LogP contribution in [-0.2, 0) is 26.2 Å². The van der Waals surface area contributed by atoms with Crippen LogP contribution in [0, 0.1) is 20.8 Å². The fraction of sp³-hybridized carbons (Fsp3) is 0.500. The van der Waals surface area contributed by atoms with E-state index in [0.717, 1.165) is 58.5 Å². The SMILES string of the molecule is CC[C@@H](C(=O)NC1CCCC1)N(Cc1cccc(C)c1)C(=O)CN(c1cccc(C)c1C)S(C)(=O)=O. The average molecular weight is 514 g/mol. The maximum absolute atomic E-state index is 13.8. The molecule has 0 spiro atoms. The topological polar surface area (TPSA) is 86.8 Å². The minimum atomic E-state index is -3.75. The van der Waals surface area contributed by atoms with Gasteiger partial charge in [-0.15, -0.1) is 0 Å². The van der Waals surface area contributed by atoms with E-state index < -0.39 is 22.0 Å². The van der Waals surface area contributed by atoms with Crippen molar-refractivity contribution in [1.82, 2.24) is 10.2 Å². The monoisotopic (exact) mass is 513 g/mol. The van der Waals surface area contributed by atoms with Gasteiger partial charge in [0.2, 0.25) is 21.8 Å². The van der Waals surface area contributed by atoms with E-state index in [1.807, 2.05) is 58.0 Å². The molecule has 0 radical (unpaired) electrons. The van der Waals surface area contributed by atoms with Crippen LogP contribution in [0.15, 0.2) is 42.5 Å². The Labute approximate surface area is 215 Å². The molecule has 2 amide bonds. The van der Waals surface area contributed by atoms with Crippen molar-refractivity contribution in [3.8, 4) is 0 Å². The third-order valence-corrected chi connectivity index (χ3v) is 8.17. The van der Waals surface area contributed by atoms with E-state index in [1.54, 1.807) is 17.0 Å². The Hall–Kier alpha value is -2.87. The van der Waals surface area contributed by atoms with E-state index >= 15 is 0 Å². The molecular formula is C28H39N3O4S. The summed E-state index contributed by atoms with van der Waals surface area (Å²) in [5, 5.41) is 3.13. The van der Waals surface area contributed by atoms with Gasteiger partial charge < -0.3 is 10.2 Å². The molecular weight excluding hydrogens is 474 g/mol. The molecule has 196 valence electrons. The highest BCUT2D eigenvalue weighted by Gasteiger charge is 2.33. The second kappa shape index (κ2) is 11.9. The van der Waals surface area contributed by atoms with E-state index in [-0.39, 0.29) is 25.0 Å². The molecule has 0 aromatic heterocycles. The fourth-order valence-electron chi connectivity index (χ4n) is 4.89. The average Bonchev–Trinajstić information content (AvgIpc) is 3.31. The molecule has 0 unspecified atom stereocenters. The van der Waals surface area contributed by atoms with Crippen molar-refractivity contribution in [2.75, 3.05) is 17.1 Å². The van der Waals surface area contributed by atoms with Crippen LogP contribution in [0.1, 0.15) is 61.3 Å². The summed E-state index contributed by atoms with van der Waals surface area (Å²) in [7, 11) is -3.75. The van der Waals surface area contributed by atoms with E-state index in [9.17, 15) is 18.0 Å². The number of carbonyl (C=O) groups is 2. The van der Waals surface area contributed by atoms with Crippen LogP contribution in [0.2, 0.25) is 0 Å². The standard InChI is InChI=1S/C28H39N3O4S/c1-6-25(28(33)29-24-14-7-8-15-24)30(18-23-13-9-11-20(2)17-23)27(32)19-31(36(5,34)35)26-16-10-12-21(3)22(26)4/h9-13,16-17,24-25H,6-8,14-15,18-19H2,1-5H3,(H,29,33)/t25-/m0/s1. The number of carbonyl (C=O) groups excluding carboxylic acids is 2. The lowest BCUT2D eigenvalue weighted by atomic mass is 10.1. The fourth-order valence-corrected chi connectivity index (χ4v) is 5.79. The first-order valence-electron chi connectivity index (χ1n) is 12.7. The summed E-state index contributed by atoms with van der Waals surface area (Å²) in [4.78, 5) is 28.7. The van der Waals surface area contributed by atoms with Gasteiger partial charge in [0.15, 0.2) is 0 Å². The van der Waals surface area contributed by atoms with Crippen molar-refractivity contribution in [1.29, 1.82) is 0 Å². The molecule has 1 N–H and O–H groups in total. The zero-order chi connectivity index (χ0) is 26.5. The van der Waals surface area contributed by atoms with E-state index in [0.29, 0.717) is 12.1 Å². The third-order valence-electron chi connectivity index (χ3n) is 7.05. The lowest BCUT2D eigenvalue weighted by Crippen LogP contribution is -2.53. The van der Waals surface area contributed by atoms with Gasteiger partial charge in [-0.3, -0.25) is 13.9 Å². The number of sulfonamides is 1. The molecule has 0 aliphatic heterocycles. The molecule has 2 aromatic carbocycles. The Morgan fingerprint density at radius 1 is 1.06 bits per heavy atom. The molecule has 0 saturated heterocycles. The summed E-state index contributed by atoms with van der Waals surface area (Å²) in [5.74, 6) is -0.584. The van der Waals surface area contributed by atoms with Gasteiger partial charge in [0, 0.05) is 12.6 Å². The predicted octanol–water partition coefficient (Wildman–Crippen LogP) is 4.24. The van der Waals surface area contributed by atoms with Crippen LogP contribution < -0.4 is 9.62 Å². The van der Waals surface area contributed by atoms with Crippen LogP contribution in [0.4, 0.5) is 5.69 Å². The summed E-state index contributed by atoms with van der Waals surface area (Å²) >= 11 is 0. The van der Waals surface area contributed by atoms with Crippen LogP contribution in [-0.4, -0.2) is 50.0 Å². The molecule has 1 aliphatic carbocycles.